The molecule has 0 aliphatic rings. The predicted molar refractivity (Wildman–Crippen MR) is 71.2 cm³/mol. The number of nitrogens with one attached hydrogen (secondary N) is 1. The first kappa shape index (κ1) is 14.8. The number of ether oxygens (including phenoxy) is 2. The molecular formula is C12H16BrNO4. The predicted octanol–water partition coefficient (Wildman–Crippen LogP) is 2.03. The second-order valence-electron chi connectivity index (χ2n) is 3.62. The van der Waals surface area contributed by atoms with Crippen LogP contribution in [0.1, 0.15) is 12.0 Å². The van der Waals surface area contributed by atoms with Crippen molar-refractivity contribution in [2.24, 2.45) is 0 Å². The highest BCUT2D eigenvalue weighted by Crippen LogP contribution is 2.32. The molecule has 0 spiro atoms. The smallest absolute Gasteiger partial charge is 0.304 e. The molecule has 18 heavy (non-hydrogen) atoms. The van der Waals surface area contributed by atoms with Crippen molar-refractivity contribution < 1.29 is 19.4 Å². The van der Waals surface area contributed by atoms with Gasteiger partial charge in [-0.25, -0.2) is 0 Å². The van der Waals surface area contributed by atoms with Gasteiger partial charge in [0.1, 0.15) is 11.5 Å². The van der Waals surface area contributed by atoms with E-state index in [1.165, 1.54) is 0 Å². The van der Waals surface area contributed by atoms with Crippen LogP contribution in [-0.2, 0) is 11.3 Å². The summed E-state index contributed by atoms with van der Waals surface area (Å²) in [6, 6.07) is 3.68. The van der Waals surface area contributed by atoms with Crippen LogP contribution in [0.2, 0.25) is 0 Å². The molecule has 0 fully saturated rings. The summed E-state index contributed by atoms with van der Waals surface area (Å²) in [7, 11) is 3.18. The lowest BCUT2D eigenvalue weighted by molar-refractivity contribution is -0.136. The van der Waals surface area contributed by atoms with E-state index in [9.17, 15) is 4.79 Å². The summed E-state index contributed by atoms with van der Waals surface area (Å²) in [5.41, 5.74) is 0.919. The van der Waals surface area contributed by atoms with Gasteiger partial charge in [0.15, 0.2) is 0 Å². The summed E-state index contributed by atoms with van der Waals surface area (Å²) in [5, 5.41) is 11.6. The molecule has 5 nitrogen and oxygen atoms in total. The number of hydrogen-bond acceptors (Lipinski definition) is 4. The van der Waals surface area contributed by atoms with E-state index in [0.29, 0.717) is 18.8 Å². The van der Waals surface area contributed by atoms with Gasteiger partial charge in [0.05, 0.1) is 25.1 Å². The maximum atomic E-state index is 10.4. The fraction of sp³-hybridized carbons (Fsp3) is 0.417. The van der Waals surface area contributed by atoms with Gasteiger partial charge >= 0.3 is 5.97 Å². The number of halogens is 1. The Morgan fingerprint density at radius 2 is 2.00 bits per heavy atom. The highest BCUT2D eigenvalue weighted by molar-refractivity contribution is 9.10. The first-order chi connectivity index (χ1) is 8.58. The zero-order chi connectivity index (χ0) is 13.5. The molecule has 0 aliphatic heterocycles. The second-order valence-corrected chi connectivity index (χ2v) is 4.47. The highest BCUT2D eigenvalue weighted by Gasteiger charge is 2.09. The van der Waals surface area contributed by atoms with Crippen LogP contribution in [0.5, 0.6) is 11.5 Å². The zero-order valence-corrected chi connectivity index (χ0v) is 11.9. The number of methoxy groups -OCH3 is 2. The van der Waals surface area contributed by atoms with Gasteiger partial charge in [-0.1, -0.05) is 0 Å². The van der Waals surface area contributed by atoms with E-state index in [2.05, 4.69) is 21.2 Å². The largest absolute Gasteiger partial charge is 0.496 e. The Balaban J connectivity index is 2.70. The zero-order valence-electron chi connectivity index (χ0n) is 10.3. The molecule has 0 atom stereocenters. The summed E-state index contributed by atoms with van der Waals surface area (Å²) < 4.78 is 11.3. The van der Waals surface area contributed by atoms with Crippen molar-refractivity contribution >= 4 is 21.9 Å². The Hall–Kier alpha value is -1.27. The van der Waals surface area contributed by atoms with Gasteiger partial charge in [-0.15, -0.1) is 0 Å². The molecule has 1 aromatic carbocycles. The Bertz CT molecular complexity index is 423. The summed E-state index contributed by atoms with van der Waals surface area (Å²) in [5.74, 6) is 0.624. The standard InChI is InChI=1S/C12H16BrNO4/c1-17-10-6-9(13)11(18-2)5-8(10)7-14-4-3-12(15)16/h5-6,14H,3-4,7H2,1-2H3,(H,15,16). The van der Waals surface area contributed by atoms with Gasteiger partial charge in [-0.3, -0.25) is 4.79 Å². The lowest BCUT2D eigenvalue weighted by atomic mass is 10.2. The van der Waals surface area contributed by atoms with Crippen molar-refractivity contribution in [1.82, 2.24) is 5.32 Å². The van der Waals surface area contributed by atoms with Crippen LogP contribution >= 0.6 is 15.9 Å². The first-order valence-electron chi connectivity index (χ1n) is 5.41. The van der Waals surface area contributed by atoms with Crippen LogP contribution in [0, 0.1) is 0 Å². The van der Waals surface area contributed by atoms with Crippen LogP contribution in [-0.4, -0.2) is 31.8 Å². The third-order valence-corrected chi connectivity index (χ3v) is 3.01. The minimum atomic E-state index is -0.817. The summed E-state index contributed by atoms with van der Waals surface area (Å²) in [6.45, 7) is 0.941. The number of aliphatic carboxylic acids is 1. The number of benzene rings is 1. The van der Waals surface area contributed by atoms with E-state index < -0.39 is 5.97 Å². The molecule has 0 saturated carbocycles. The average Bonchev–Trinajstić information content (AvgIpc) is 2.35. The molecule has 100 valence electrons. The van der Waals surface area contributed by atoms with Gasteiger partial charge in [0.2, 0.25) is 0 Å². The molecule has 0 aliphatic carbocycles. The number of carboxylic acids is 1. The number of carbonyl (C=O) groups is 1. The molecule has 0 bridgehead atoms. The van der Waals surface area contributed by atoms with Crippen LogP contribution in [0.15, 0.2) is 16.6 Å². The number of hydrogen-bond donors (Lipinski definition) is 2. The van der Waals surface area contributed by atoms with Gasteiger partial charge in [0.25, 0.3) is 0 Å². The SMILES string of the molecule is COc1cc(CNCCC(=O)O)c(OC)cc1Br. The van der Waals surface area contributed by atoms with Crippen molar-refractivity contribution in [3.8, 4) is 11.5 Å². The fourth-order valence-corrected chi connectivity index (χ4v) is 1.96. The van der Waals surface area contributed by atoms with E-state index in [1.54, 1.807) is 14.2 Å². The molecule has 0 aromatic heterocycles. The van der Waals surface area contributed by atoms with E-state index in [1.807, 2.05) is 12.1 Å². The Labute approximate surface area is 114 Å². The summed E-state index contributed by atoms with van der Waals surface area (Å²) in [6.07, 6.45) is 0.0932. The maximum Gasteiger partial charge on any atom is 0.304 e. The van der Waals surface area contributed by atoms with Crippen LogP contribution < -0.4 is 14.8 Å². The molecule has 6 heteroatoms. The number of rotatable bonds is 7. The average molecular weight is 318 g/mol. The second kappa shape index (κ2) is 7.23. The van der Waals surface area contributed by atoms with Crippen LogP contribution in [0.25, 0.3) is 0 Å². The molecule has 0 heterocycles. The molecule has 1 aromatic rings. The van der Waals surface area contributed by atoms with Crippen molar-refractivity contribution in [2.75, 3.05) is 20.8 Å². The lowest BCUT2D eigenvalue weighted by Gasteiger charge is -2.12. The molecule has 0 unspecified atom stereocenters. The lowest BCUT2D eigenvalue weighted by Crippen LogP contribution is -2.18. The molecule has 1 rings (SSSR count). The number of carboxylic acid groups (broad SMARTS) is 1. The van der Waals surface area contributed by atoms with E-state index >= 15 is 0 Å². The van der Waals surface area contributed by atoms with Crippen LogP contribution in [0.4, 0.5) is 0 Å². The molecule has 0 amide bonds. The Kier molecular flexibility index (Phi) is 5.94. The van der Waals surface area contributed by atoms with Crippen molar-refractivity contribution in [3.63, 3.8) is 0 Å². The van der Waals surface area contributed by atoms with Gasteiger partial charge in [-0.2, -0.15) is 0 Å². The van der Waals surface area contributed by atoms with Gasteiger partial charge < -0.3 is 19.9 Å². The normalized spacial score (nSPS) is 10.2. The highest BCUT2D eigenvalue weighted by atomic mass is 79.9. The van der Waals surface area contributed by atoms with Crippen LogP contribution in [0.3, 0.4) is 0 Å². The topological polar surface area (TPSA) is 67.8 Å². The van der Waals surface area contributed by atoms with Gasteiger partial charge in [-0.05, 0) is 28.1 Å². The Morgan fingerprint density at radius 3 is 2.56 bits per heavy atom. The minimum absolute atomic E-state index is 0.0932. The third-order valence-electron chi connectivity index (χ3n) is 2.39. The monoisotopic (exact) mass is 317 g/mol. The summed E-state index contributed by atoms with van der Waals surface area (Å²) >= 11 is 3.38. The van der Waals surface area contributed by atoms with E-state index in [-0.39, 0.29) is 6.42 Å². The molecule has 0 saturated heterocycles. The van der Waals surface area contributed by atoms with E-state index in [4.69, 9.17) is 14.6 Å². The Morgan fingerprint density at radius 1 is 1.33 bits per heavy atom. The minimum Gasteiger partial charge on any atom is -0.496 e. The molecule has 0 radical (unpaired) electrons. The quantitative estimate of drug-likeness (QED) is 0.753. The van der Waals surface area contributed by atoms with E-state index in [0.717, 1.165) is 15.8 Å². The van der Waals surface area contributed by atoms with Crippen molar-refractivity contribution in [3.05, 3.63) is 22.2 Å². The summed E-state index contributed by atoms with van der Waals surface area (Å²) in [4.78, 5) is 10.4. The fourth-order valence-electron chi connectivity index (χ4n) is 1.48. The molecule has 2 N–H and O–H groups in total. The van der Waals surface area contributed by atoms with Gasteiger partial charge in [0, 0.05) is 18.7 Å². The first-order valence-corrected chi connectivity index (χ1v) is 6.20. The molecular weight excluding hydrogens is 302 g/mol. The van der Waals surface area contributed by atoms with Crippen molar-refractivity contribution in [1.29, 1.82) is 0 Å². The van der Waals surface area contributed by atoms with Crippen molar-refractivity contribution in [2.45, 2.75) is 13.0 Å². The third kappa shape index (κ3) is 4.19. The maximum absolute atomic E-state index is 10.4.